The first-order valence-electron chi connectivity index (χ1n) is 8.12. The fourth-order valence-electron chi connectivity index (χ4n) is 2.92. The first-order chi connectivity index (χ1) is 12.7. The second-order valence-corrected chi connectivity index (χ2v) is 9.47. The number of amides is 1. The molecule has 2 aromatic carbocycles. The third-order valence-corrected chi connectivity index (χ3v) is 7.71. The van der Waals surface area contributed by atoms with E-state index in [1.807, 2.05) is 0 Å². The van der Waals surface area contributed by atoms with Crippen molar-refractivity contribution in [2.24, 2.45) is 0 Å². The van der Waals surface area contributed by atoms with Crippen molar-refractivity contribution in [3.63, 3.8) is 0 Å². The number of benzene rings is 2. The van der Waals surface area contributed by atoms with Crippen molar-refractivity contribution in [3.05, 3.63) is 52.5 Å². The van der Waals surface area contributed by atoms with Gasteiger partial charge in [0.2, 0.25) is 15.9 Å². The third kappa shape index (κ3) is 3.47. The van der Waals surface area contributed by atoms with Crippen LogP contribution in [0.3, 0.4) is 0 Å². The zero-order valence-electron chi connectivity index (χ0n) is 14.7. The molecule has 2 aromatic rings. The molecule has 1 unspecified atom stereocenters. The fourth-order valence-corrected chi connectivity index (χ4v) is 5.16. The Morgan fingerprint density at radius 2 is 1.85 bits per heavy atom. The topological polar surface area (TPSA) is 75.7 Å². The normalized spacial score (nSPS) is 21.1. The minimum absolute atomic E-state index is 0.160. The fraction of sp³-hybridized carbons (Fsp3) is 0.278. The maximum atomic E-state index is 13.1. The van der Waals surface area contributed by atoms with Crippen molar-refractivity contribution >= 4 is 50.5 Å². The summed E-state index contributed by atoms with van der Waals surface area (Å²) in [5, 5.41) is 3.47. The molecule has 1 saturated heterocycles. The van der Waals surface area contributed by atoms with Gasteiger partial charge in [0, 0.05) is 17.3 Å². The van der Waals surface area contributed by atoms with Crippen molar-refractivity contribution < 1.29 is 17.9 Å². The van der Waals surface area contributed by atoms with E-state index in [-0.39, 0.29) is 13.0 Å². The Hall–Kier alpha value is -1.96. The number of hydrogen-bond donors (Lipinski definition) is 1. The minimum atomic E-state index is -3.92. The van der Waals surface area contributed by atoms with Crippen LogP contribution in [0.4, 0.5) is 11.4 Å². The van der Waals surface area contributed by atoms with Gasteiger partial charge in [-0.3, -0.25) is 9.10 Å². The van der Waals surface area contributed by atoms with Crippen molar-refractivity contribution in [2.75, 3.05) is 23.3 Å². The largest absolute Gasteiger partial charge is 0.495 e. The van der Waals surface area contributed by atoms with E-state index in [0.29, 0.717) is 27.2 Å². The van der Waals surface area contributed by atoms with Gasteiger partial charge in [0.05, 0.1) is 17.8 Å². The number of nitrogens with one attached hydrogen (secondary N) is 1. The molecule has 0 radical (unpaired) electrons. The first-order valence-corrected chi connectivity index (χ1v) is 10.3. The molecule has 0 saturated carbocycles. The zero-order valence-corrected chi connectivity index (χ0v) is 17.0. The van der Waals surface area contributed by atoms with E-state index in [1.165, 1.54) is 24.4 Å². The monoisotopic (exact) mass is 428 g/mol. The van der Waals surface area contributed by atoms with E-state index < -0.39 is 20.7 Å². The van der Waals surface area contributed by atoms with Crippen LogP contribution in [0, 0.1) is 0 Å². The second-order valence-electron chi connectivity index (χ2n) is 6.34. The van der Waals surface area contributed by atoms with Gasteiger partial charge >= 0.3 is 0 Å². The average Bonchev–Trinajstić information content (AvgIpc) is 2.87. The Balaban J connectivity index is 1.86. The Labute approximate surface area is 168 Å². The lowest BCUT2D eigenvalue weighted by Gasteiger charge is -2.25. The van der Waals surface area contributed by atoms with E-state index in [2.05, 4.69) is 5.32 Å². The van der Waals surface area contributed by atoms with Gasteiger partial charge in [0.1, 0.15) is 5.75 Å². The zero-order chi connectivity index (χ0) is 19.8. The highest BCUT2D eigenvalue weighted by Crippen LogP contribution is 2.38. The maximum absolute atomic E-state index is 13.1. The predicted molar refractivity (Wildman–Crippen MR) is 107 cm³/mol. The summed E-state index contributed by atoms with van der Waals surface area (Å²) in [6.45, 7) is 1.63. The van der Waals surface area contributed by atoms with Crippen LogP contribution in [0.2, 0.25) is 10.0 Å². The summed E-state index contributed by atoms with van der Waals surface area (Å²) in [6, 6.07) is 11.2. The van der Waals surface area contributed by atoms with Gasteiger partial charge in [-0.2, -0.15) is 0 Å². The minimum Gasteiger partial charge on any atom is -0.495 e. The van der Waals surface area contributed by atoms with Gasteiger partial charge < -0.3 is 10.1 Å². The number of sulfonamides is 1. The van der Waals surface area contributed by atoms with E-state index in [0.717, 1.165) is 0 Å². The predicted octanol–water partition coefficient (Wildman–Crippen LogP) is 3.94. The lowest BCUT2D eigenvalue weighted by atomic mass is 10.1. The van der Waals surface area contributed by atoms with Crippen molar-refractivity contribution in [2.45, 2.75) is 18.1 Å². The summed E-state index contributed by atoms with van der Waals surface area (Å²) >= 11 is 11.9. The molecule has 0 bridgehead atoms. The molecule has 1 atom stereocenters. The number of rotatable bonds is 4. The van der Waals surface area contributed by atoms with Gasteiger partial charge in [-0.15, -0.1) is 0 Å². The van der Waals surface area contributed by atoms with E-state index >= 15 is 0 Å². The number of carbonyl (C=O) groups is 1. The standard InChI is InChI=1S/C18H18Cl2N2O4S/c1-18(17(23)21-13-5-8-16(26-2)15(20)11-13)9-10-22(27(18,24)25)14-6-3-12(19)4-7-14/h3-8,11H,9-10H2,1-2H3,(H,21,23). The van der Waals surface area contributed by atoms with Gasteiger partial charge in [-0.25, -0.2) is 8.42 Å². The van der Waals surface area contributed by atoms with Gasteiger partial charge in [-0.05, 0) is 55.8 Å². The Kier molecular flexibility index (Phi) is 5.29. The summed E-state index contributed by atoms with van der Waals surface area (Å²) in [6.07, 6.45) is 0.160. The highest BCUT2D eigenvalue weighted by molar-refractivity contribution is 7.95. The van der Waals surface area contributed by atoms with Crippen LogP contribution in [-0.2, 0) is 14.8 Å². The molecule has 0 spiro atoms. The van der Waals surface area contributed by atoms with Gasteiger partial charge in [-0.1, -0.05) is 23.2 Å². The molecule has 9 heteroatoms. The summed E-state index contributed by atoms with van der Waals surface area (Å²) in [4.78, 5) is 12.8. The second kappa shape index (κ2) is 7.22. The van der Waals surface area contributed by atoms with E-state index in [1.54, 1.807) is 36.4 Å². The molecule has 0 aliphatic carbocycles. The van der Waals surface area contributed by atoms with E-state index in [9.17, 15) is 13.2 Å². The van der Waals surface area contributed by atoms with Crippen LogP contribution < -0.4 is 14.4 Å². The van der Waals surface area contributed by atoms with Crippen LogP contribution in [-0.4, -0.2) is 32.7 Å². The SMILES string of the molecule is COc1ccc(NC(=O)C2(C)CCN(c3ccc(Cl)cc3)S2(=O)=O)cc1Cl. The third-order valence-electron chi connectivity index (χ3n) is 4.66. The summed E-state index contributed by atoms with van der Waals surface area (Å²) in [7, 11) is -2.43. The average molecular weight is 429 g/mol. The Morgan fingerprint density at radius 3 is 2.44 bits per heavy atom. The van der Waals surface area contributed by atoms with Crippen LogP contribution in [0.15, 0.2) is 42.5 Å². The van der Waals surface area contributed by atoms with Crippen molar-refractivity contribution in [1.29, 1.82) is 0 Å². The number of methoxy groups -OCH3 is 1. The Bertz CT molecular complexity index is 979. The number of hydrogen-bond acceptors (Lipinski definition) is 4. The molecule has 0 aromatic heterocycles. The molecule has 144 valence electrons. The molecule has 1 aliphatic rings. The summed E-state index contributed by atoms with van der Waals surface area (Å²) in [5.41, 5.74) is 0.871. The summed E-state index contributed by atoms with van der Waals surface area (Å²) < 4.78 is 30.9. The maximum Gasteiger partial charge on any atom is 0.249 e. The molecule has 1 amide bonds. The van der Waals surface area contributed by atoms with Crippen LogP contribution in [0.5, 0.6) is 5.75 Å². The highest BCUT2D eigenvalue weighted by Gasteiger charge is 2.54. The summed E-state index contributed by atoms with van der Waals surface area (Å²) in [5.74, 6) is -0.150. The number of anilines is 2. The van der Waals surface area contributed by atoms with Gasteiger partial charge in [0.25, 0.3) is 0 Å². The smallest absolute Gasteiger partial charge is 0.249 e. The molecule has 3 rings (SSSR count). The lowest BCUT2D eigenvalue weighted by molar-refractivity contribution is -0.118. The molecule has 27 heavy (non-hydrogen) atoms. The van der Waals surface area contributed by atoms with E-state index in [4.69, 9.17) is 27.9 Å². The van der Waals surface area contributed by atoms with Crippen molar-refractivity contribution in [1.82, 2.24) is 0 Å². The molecule has 6 nitrogen and oxygen atoms in total. The van der Waals surface area contributed by atoms with Crippen LogP contribution in [0.1, 0.15) is 13.3 Å². The molecule has 1 aliphatic heterocycles. The quantitative estimate of drug-likeness (QED) is 0.799. The van der Waals surface area contributed by atoms with Gasteiger partial charge in [0.15, 0.2) is 4.75 Å². The first kappa shape index (κ1) is 19.8. The Morgan fingerprint density at radius 1 is 1.19 bits per heavy atom. The molecule has 1 fully saturated rings. The highest BCUT2D eigenvalue weighted by atomic mass is 35.5. The van der Waals surface area contributed by atoms with Crippen LogP contribution in [0.25, 0.3) is 0 Å². The van der Waals surface area contributed by atoms with Crippen LogP contribution >= 0.6 is 23.2 Å². The number of halogens is 2. The van der Waals surface area contributed by atoms with Crippen molar-refractivity contribution in [3.8, 4) is 5.75 Å². The number of carbonyl (C=O) groups excluding carboxylic acids is 1. The molecule has 1 N–H and O–H groups in total. The number of nitrogens with zero attached hydrogens (tertiary/aromatic N) is 1. The number of ether oxygens (including phenoxy) is 1. The lowest BCUT2D eigenvalue weighted by Crippen LogP contribution is -2.47. The molecular formula is C18H18Cl2N2O4S. The molecular weight excluding hydrogens is 411 g/mol. The molecule has 1 heterocycles.